The molecule has 2 unspecified atom stereocenters. The van der Waals surface area contributed by atoms with Gasteiger partial charge in [0, 0.05) is 4.83 Å². The standard InChI is InChI=1S/C12H15Br2N/c1-15-9-5-8-11(13)12(15,14)10-6-3-2-4-7-10/h2-4,6-7,11H,5,8-9H2,1H3. The van der Waals surface area contributed by atoms with Crippen molar-refractivity contribution in [3.8, 4) is 0 Å². The minimum atomic E-state index is -0.0491. The van der Waals surface area contributed by atoms with E-state index in [9.17, 15) is 0 Å². The van der Waals surface area contributed by atoms with Gasteiger partial charge in [-0.05, 0) is 32.0 Å². The summed E-state index contributed by atoms with van der Waals surface area (Å²) in [4.78, 5) is 2.84. The van der Waals surface area contributed by atoms with E-state index >= 15 is 0 Å². The Morgan fingerprint density at radius 1 is 1.33 bits per heavy atom. The predicted molar refractivity (Wildman–Crippen MR) is 71.6 cm³/mol. The Kier molecular flexibility index (Phi) is 3.53. The van der Waals surface area contributed by atoms with Crippen LogP contribution in [-0.4, -0.2) is 23.3 Å². The number of hydrogen-bond donors (Lipinski definition) is 0. The fraction of sp³-hybridized carbons (Fsp3) is 0.500. The lowest BCUT2D eigenvalue weighted by atomic mass is 9.95. The van der Waals surface area contributed by atoms with Gasteiger partial charge in [-0.2, -0.15) is 0 Å². The first-order chi connectivity index (χ1) is 7.15. The highest BCUT2D eigenvalue weighted by molar-refractivity contribution is 9.12. The molecule has 0 amide bonds. The van der Waals surface area contributed by atoms with E-state index in [2.05, 4.69) is 74.1 Å². The van der Waals surface area contributed by atoms with E-state index in [1.54, 1.807) is 0 Å². The molecule has 2 atom stereocenters. The van der Waals surface area contributed by atoms with E-state index in [-0.39, 0.29) is 4.45 Å². The molecule has 0 radical (unpaired) electrons. The second kappa shape index (κ2) is 4.56. The zero-order valence-corrected chi connectivity index (χ0v) is 12.0. The molecular weight excluding hydrogens is 318 g/mol. The summed E-state index contributed by atoms with van der Waals surface area (Å²) in [7, 11) is 2.18. The van der Waals surface area contributed by atoms with Crippen molar-refractivity contribution in [3.05, 3.63) is 35.9 Å². The summed E-state index contributed by atoms with van der Waals surface area (Å²) in [5.74, 6) is 0. The Bertz CT molecular complexity index is 316. The summed E-state index contributed by atoms with van der Waals surface area (Å²) in [5.41, 5.74) is 1.33. The third kappa shape index (κ3) is 2.02. The summed E-state index contributed by atoms with van der Waals surface area (Å²) >= 11 is 7.71. The summed E-state index contributed by atoms with van der Waals surface area (Å²) in [6.07, 6.45) is 2.47. The van der Waals surface area contributed by atoms with E-state index < -0.39 is 0 Å². The molecule has 1 aromatic rings. The fourth-order valence-electron chi connectivity index (χ4n) is 2.17. The first-order valence-corrected chi connectivity index (χ1v) is 6.96. The number of benzene rings is 1. The first-order valence-electron chi connectivity index (χ1n) is 5.25. The monoisotopic (exact) mass is 331 g/mol. The van der Waals surface area contributed by atoms with Crippen LogP contribution in [0.3, 0.4) is 0 Å². The Hall–Kier alpha value is 0.140. The zero-order chi connectivity index (χ0) is 10.9. The maximum Gasteiger partial charge on any atom is 0.115 e. The molecule has 0 aromatic heterocycles. The molecule has 0 saturated carbocycles. The lowest BCUT2D eigenvalue weighted by Crippen LogP contribution is -2.49. The van der Waals surface area contributed by atoms with Gasteiger partial charge in [-0.15, -0.1) is 0 Å². The van der Waals surface area contributed by atoms with Crippen LogP contribution in [-0.2, 0) is 4.45 Å². The van der Waals surface area contributed by atoms with Crippen LogP contribution < -0.4 is 0 Å². The number of halogens is 2. The number of piperidine rings is 1. The van der Waals surface area contributed by atoms with Crippen LogP contribution >= 0.6 is 31.9 Å². The van der Waals surface area contributed by atoms with Crippen molar-refractivity contribution in [1.82, 2.24) is 4.90 Å². The molecule has 1 nitrogen and oxygen atoms in total. The molecule has 0 aliphatic carbocycles. The maximum atomic E-state index is 3.91. The summed E-state index contributed by atoms with van der Waals surface area (Å²) in [6, 6.07) is 10.6. The van der Waals surface area contributed by atoms with Crippen LogP contribution in [0.4, 0.5) is 0 Å². The minimum Gasteiger partial charge on any atom is -0.287 e. The highest BCUT2D eigenvalue weighted by Gasteiger charge is 2.42. The van der Waals surface area contributed by atoms with Crippen LogP contribution in [0, 0.1) is 0 Å². The molecule has 1 aliphatic rings. The molecule has 0 N–H and O–H groups in total. The maximum absolute atomic E-state index is 3.91. The van der Waals surface area contributed by atoms with Gasteiger partial charge in [0.25, 0.3) is 0 Å². The summed E-state index contributed by atoms with van der Waals surface area (Å²) < 4.78 is -0.0491. The number of likely N-dealkylation sites (tertiary alicyclic amines) is 1. The molecule has 1 aliphatic heterocycles. The average molecular weight is 333 g/mol. The van der Waals surface area contributed by atoms with Crippen molar-refractivity contribution < 1.29 is 0 Å². The van der Waals surface area contributed by atoms with Crippen LogP contribution in [0.2, 0.25) is 0 Å². The third-order valence-electron chi connectivity index (χ3n) is 3.10. The van der Waals surface area contributed by atoms with Gasteiger partial charge in [0.1, 0.15) is 4.45 Å². The predicted octanol–water partition coefficient (Wildman–Crippen LogP) is 3.72. The summed E-state index contributed by atoms with van der Waals surface area (Å²) in [6.45, 7) is 1.14. The number of rotatable bonds is 1. The van der Waals surface area contributed by atoms with Gasteiger partial charge in [-0.25, -0.2) is 0 Å². The highest BCUT2D eigenvalue weighted by Crippen LogP contribution is 2.45. The van der Waals surface area contributed by atoms with Crippen LogP contribution in [0.25, 0.3) is 0 Å². The van der Waals surface area contributed by atoms with Crippen LogP contribution in [0.15, 0.2) is 30.3 Å². The fourth-order valence-corrected chi connectivity index (χ4v) is 3.78. The van der Waals surface area contributed by atoms with E-state index in [0.717, 1.165) is 6.54 Å². The zero-order valence-electron chi connectivity index (χ0n) is 8.79. The topological polar surface area (TPSA) is 3.24 Å². The lowest BCUT2D eigenvalue weighted by Gasteiger charge is -2.45. The van der Waals surface area contributed by atoms with Crippen molar-refractivity contribution in [2.24, 2.45) is 0 Å². The highest BCUT2D eigenvalue weighted by atomic mass is 79.9. The van der Waals surface area contributed by atoms with Crippen LogP contribution in [0.1, 0.15) is 18.4 Å². The van der Waals surface area contributed by atoms with Crippen molar-refractivity contribution in [1.29, 1.82) is 0 Å². The molecule has 1 fully saturated rings. The Labute approximate surface area is 108 Å². The largest absolute Gasteiger partial charge is 0.287 e. The van der Waals surface area contributed by atoms with Gasteiger partial charge in [0.05, 0.1) is 0 Å². The van der Waals surface area contributed by atoms with E-state index in [1.807, 2.05) is 0 Å². The molecule has 1 saturated heterocycles. The molecule has 0 spiro atoms. The SMILES string of the molecule is CN1CCCC(Br)C1(Br)c1ccccc1. The lowest BCUT2D eigenvalue weighted by molar-refractivity contribution is 0.172. The Morgan fingerprint density at radius 3 is 2.60 bits per heavy atom. The summed E-state index contributed by atoms with van der Waals surface area (Å²) in [5, 5.41) is 0. The average Bonchev–Trinajstić information content (AvgIpc) is 2.27. The molecular formula is C12H15Br2N. The van der Waals surface area contributed by atoms with Gasteiger partial charge in [-0.1, -0.05) is 62.2 Å². The van der Waals surface area contributed by atoms with Gasteiger partial charge in [0.2, 0.25) is 0 Å². The second-order valence-corrected chi connectivity index (χ2v) is 6.38. The van der Waals surface area contributed by atoms with Crippen molar-refractivity contribution in [2.75, 3.05) is 13.6 Å². The molecule has 0 bridgehead atoms. The Balaban J connectivity index is 2.38. The number of nitrogens with zero attached hydrogens (tertiary/aromatic N) is 1. The number of alkyl halides is 2. The molecule has 82 valence electrons. The normalized spacial score (nSPS) is 32.9. The van der Waals surface area contributed by atoms with Gasteiger partial charge < -0.3 is 0 Å². The van der Waals surface area contributed by atoms with E-state index in [1.165, 1.54) is 18.4 Å². The second-order valence-electron chi connectivity index (χ2n) is 4.07. The van der Waals surface area contributed by atoms with E-state index in [4.69, 9.17) is 0 Å². The van der Waals surface area contributed by atoms with Crippen molar-refractivity contribution >= 4 is 31.9 Å². The Morgan fingerprint density at radius 2 is 2.00 bits per heavy atom. The smallest absolute Gasteiger partial charge is 0.115 e. The van der Waals surface area contributed by atoms with Crippen LogP contribution in [0.5, 0.6) is 0 Å². The molecule has 3 heteroatoms. The van der Waals surface area contributed by atoms with Crippen molar-refractivity contribution in [3.63, 3.8) is 0 Å². The number of hydrogen-bond acceptors (Lipinski definition) is 1. The molecule has 1 heterocycles. The first kappa shape index (κ1) is 11.6. The molecule has 15 heavy (non-hydrogen) atoms. The third-order valence-corrected chi connectivity index (χ3v) is 6.45. The van der Waals surface area contributed by atoms with Gasteiger partial charge in [-0.3, -0.25) is 4.90 Å². The minimum absolute atomic E-state index is 0.0491. The molecule has 2 rings (SSSR count). The van der Waals surface area contributed by atoms with Gasteiger partial charge in [0.15, 0.2) is 0 Å². The van der Waals surface area contributed by atoms with Gasteiger partial charge >= 0.3 is 0 Å². The van der Waals surface area contributed by atoms with E-state index in [0.29, 0.717) is 4.83 Å². The van der Waals surface area contributed by atoms with Crippen molar-refractivity contribution in [2.45, 2.75) is 22.1 Å². The quantitative estimate of drug-likeness (QED) is 0.559. The molecule has 1 aromatic carbocycles.